The summed E-state index contributed by atoms with van der Waals surface area (Å²) < 4.78 is 14.2. The number of hydrogen-bond acceptors (Lipinski definition) is 2. The van der Waals surface area contributed by atoms with Gasteiger partial charge < -0.3 is 4.90 Å². The lowest BCUT2D eigenvalue weighted by molar-refractivity contribution is 0.175. The fourth-order valence-electron chi connectivity index (χ4n) is 3.43. The number of anilines is 1. The molecule has 0 saturated carbocycles. The van der Waals surface area contributed by atoms with Crippen molar-refractivity contribution in [3.05, 3.63) is 29.6 Å². The molecule has 0 spiro atoms. The first-order valence-corrected chi connectivity index (χ1v) is 8.73. The van der Waals surface area contributed by atoms with Crippen molar-refractivity contribution >= 4 is 21.6 Å². The average molecular weight is 341 g/mol. The van der Waals surface area contributed by atoms with Crippen LogP contribution in [0.25, 0.3) is 0 Å². The Morgan fingerprint density at radius 3 is 2.65 bits per heavy atom. The molecule has 2 heterocycles. The summed E-state index contributed by atoms with van der Waals surface area (Å²) >= 11 is 3.37. The third-order valence-corrected chi connectivity index (χ3v) is 5.22. The maximum Gasteiger partial charge on any atom is 0.146 e. The van der Waals surface area contributed by atoms with Crippen LogP contribution in [0.4, 0.5) is 10.1 Å². The van der Waals surface area contributed by atoms with Crippen molar-refractivity contribution in [1.29, 1.82) is 0 Å². The SMILES string of the molecule is Fc1cc(CBr)ccc1N1CCC(N2CCCCC2)C1. The molecule has 2 nitrogen and oxygen atoms in total. The second kappa shape index (κ2) is 6.44. The van der Waals surface area contributed by atoms with Gasteiger partial charge in [0.2, 0.25) is 0 Å². The summed E-state index contributed by atoms with van der Waals surface area (Å²) in [6.45, 7) is 4.41. The maximum absolute atomic E-state index is 14.2. The summed E-state index contributed by atoms with van der Waals surface area (Å²) in [4.78, 5) is 4.82. The van der Waals surface area contributed by atoms with E-state index in [1.165, 1.54) is 38.8 Å². The molecule has 2 aliphatic rings. The number of alkyl halides is 1. The lowest BCUT2D eigenvalue weighted by Crippen LogP contribution is -2.40. The molecule has 0 aromatic heterocycles. The molecule has 2 fully saturated rings. The zero-order valence-electron chi connectivity index (χ0n) is 11.8. The topological polar surface area (TPSA) is 6.48 Å². The highest BCUT2D eigenvalue weighted by atomic mass is 79.9. The molecule has 0 aliphatic carbocycles. The summed E-state index contributed by atoms with van der Waals surface area (Å²) in [6.07, 6.45) is 5.19. The molecule has 20 heavy (non-hydrogen) atoms. The minimum atomic E-state index is -0.0822. The quantitative estimate of drug-likeness (QED) is 0.772. The maximum atomic E-state index is 14.2. The van der Waals surface area contributed by atoms with Crippen LogP contribution in [0.1, 0.15) is 31.2 Å². The predicted molar refractivity (Wildman–Crippen MR) is 85.1 cm³/mol. The highest BCUT2D eigenvalue weighted by Gasteiger charge is 2.29. The molecule has 0 radical (unpaired) electrons. The van der Waals surface area contributed by atoms with E-state index in [1.807, 2.05) is 12.1 Å². The Bertz CT molecular complexity index is 460. The second-order valence-electron chi connectivity index (χ2n) is 5.90. The molecule has 1 aromatic carbocycles. The Morgan fingerprint density at radius 2 is 1.95 bits per heavy atom. The Balaban J connectivity index is 1.67. The van der Waals surface area contributed by atoms with Crippen molar-refractivity contribution in [3.63, 3.8) is 0 Å². The second-order valence-corrected chi connectivity index (χ2v) is 6.47. The average Bonchev–Trinajstić information content (AvgIpc) is 2.97. The van der Waals surface area contributed by atoms with Crippen LogP contribution in [0.2, 0.25) is 0 Å². The number of rotatable bonds is 3. The van der Waals surface area contributed by atoms with Gasteiger partial charge in [0.15, 0.2) is 0 Å². The molecule has 3 rings (SSSR count). The van der Waals surface area contributed by atoms with E-state index < -0.39 is 0 Å². The number of nitrogens with zero attached hydrogens (tertiary/aromatic N) is 2. The fourth-order valence-corrected chi connectivity index (χ4v) is 3.78. The predicted octanol–water partition coefficient (Wildman–Crippen LogP) is 3.79. The monoisotopic (exact) mass is 340 g/mol. The molecule has 1 atom stereocenters. The van der Waals surface area contributed by atoms with Gasteiger partial charge in [0.05, 0.1) is 5.69 Å². The minimum Gasteiger partial charge on any atom is -0.368 e. The summed E-state index contributed by atoms with van der Waals surface area (Å²) in [6, 6.07) is 6.22. The summed E-state index contributed by atoms with van der Waals surface area (Å²) in [7, 11) is 0. The zero-order valence-corrected chi connectivity index (χ0v) is 13.4. The summed E-state index contributed by atoms with van der Waals surface area (Å²) in [5, 5.41) is 0.709. The molecule has 0 amide bonds. The van der Waals surface area contributed by atoms with E-state index in [1.54, 1.807) is 6.07 Å². The van der Waals surface area contributed by atoms with Crippen LogP contribution in [0.3, 0.4) is 0 Å². The van der Waals surface area contributed by atoms with Crippen LogP contribution in [0.5, 0.6) is 0 Å². The van der Waals surface area contributed by atoms with Crippen molar-refractivity contribution < 1.29 is 4.39 Å². The van der Waals surface area contributed by atoms with E-state index in [0.29, 0.717) is 11.4 Å². The van der Waals surface area contributed by atoms with Gasteiger partial charge in [0, 0.05) is 24.5 Å². The van der Waals surface area contributed by atoms with E-state index in [9.17, 15) is 4.39 Å². The number of benzene rings is 1. The van der Waals surface area contributed by atoms with Gasteiger partial charge in [-0.2, -0.15) is 0 Å². The lowest BCUT2D eigenvalue weighted by Gasteiger charge is -2.32. The zero-order chi connectivity index (χ0) is 13.9. The normalized spacial score (nSPS) is 24.3. The molecule has 2 aliphatic heterocycles. The highest BCUT2D eigenvalue weighted by molar-refractivity contribution is 9.08. The van der Waals surface area contributed by atoms with Crippen LogP contribution in [0.15, 0.2) is 18.2 Å². The van der Waals surface area contributed by atoms with Crippen molar-refractivity contribution in [2.45, 2.75) is 37.1 Å². The van der Waals surface area contributed by atoms with Crippen LogP contribution in [-0.2, 0) is 5.33 Å². The Labute approximate surface area is 129 Å². The van der Waals surface area contributed by atoms with Gasteiger partial charge in [0.25, 0.3) is 0 Å². The van der Waals surface area contributed by atoms with E-state index in [0.717, 1.165) is 24.3 Å². The summed E-state index contributed by atoms with van der Waals surface area (Å²) in [5.41, 5.74) is 1.77. The van der Waals surface area contributed by atoms with Gasteiger partial charge in [-0.05, 0) is 50.0 Å². The first-order chi connectivity index (χ1) is 9.78. The standard InChI is InChI=1S/C16H22BrFN2/c17-11-13-4-5-16(15(18)10-13)20-9-6-14(12-20)19-7-2-1-3-8-19/h4-5,10,14H,1-3,6-9,11-12H2. The Kier molecular flexibility index (Phi) is 4.61. The molecule has 0 N–H and O–H groups in total. The third kappa shape index (κ3) is 3.01. The van der Waals surface area contributed by atoms with Crippen LogP contribution < -0.4 is 4.90 Å². The minimum absolute atomic E-state index is 0.0822. The van der Waals surface area contributed by atoms with Crippen molar-refractivity contribution in [1.82, 2.24) is 4.90 Å². The van der Waals surface area contributed by atoms with Gasteiger partial charge in [0.1, 0.15) is 5.82 Å². The highest BCUT2D eigenvalue weighted by Crippen LogP contribution is 2.28. The van der Waals surface area contributed by atoms with Gasteiger partial charge in [-0.25, -0.2) is 4.39 Å². The molecule has 1 aromatic rings. The smallest absolute Gasteiger partial charge is 0.146 e. The molecule has 4 heteroatoms. The first-order valence-electron chi connectivity index (χ1n) is 7.61. The number of halogens is 2. The fraction of sp³-hybridized carbons (Fsp3) is 0.625. The van der Waals surface area contributed by atoms with Gasteiger partial charge in [-0.3, -0.25) is 4.90 Å². The van der Waals surface area contributed by atoms with Crippen molar-refractivity contribution in [2.75, 3.05) is 31.1 Å². The summed E-state index contributed by atoms with van der Waals surface area (Å²) in [5.74, 6) is -0.0822. The third-order valence-electron chi connectivity index (χ3n) is 4.58. The number of likely N-dealkylation sites (tertiary alicyclic amines) is 1. The Hall–Kier alpha value is -0.610. The molecule has 2 saturated heterocycles. The molecule has 0 bridgehead atoms. The molecule has 110 valence electrons. The number of hydrogen-bond donors (Lipinski definition) is 0. The largest absolute Gasteiger partial charge is 0.368 e. The molecule has 1 unspecified atom stereocenters. The van der Waals surface area contributed by atoms with Crippen LogP contribution in [-0.4, -0.2) is 37.1 Å². The van der Waals surface area contributed by atoms with Crippen LogP contribution >= 0.6 is 15.9 Å². The molecular formula is C16H22BrFN2. The van der Waals surface area contributed by atoms with E-state index in [-0.39, 0.29) is 5.82 Å². The van der Waals surface area contributed by atoms with Crippen molar-refractivity contribution in [3.8, 4) is 0 Å². The lowest BCUT2D eigenvalue weighted by atomic mass is 10.1. The van der Waals surface area contributed by atoms with Crippen LogP contribution in [0, 0.1) is 5.82 Å². The number of piperidine rings is 1. The van der Waals surface area contributed by atoms with Crippen molar-refractivity contribution in [2.24, 2.45) is 0 Å². The Morgan fingerprint density at radius 1 is 1.15 bits per heavy atom. The van der Waals surface area contributed by atoms with E-state index in [4.69, 9.17) is 0 Å². The van der Waals surface area contributed by atoms with E-state index in [2.05, 4.69) is 25.7 Å². The van der Waals surface area contributed by atoms with Gasteiger partial charge in [-0.15, -0.1) is 0 Å². The van der Waals surface area contributed by atoms with Gasteiger partial charge in [-0.1, -0.05) is 28.4 Å². The molecular weight excluding hydrogens is 319 g/mol. The van der Waals surface area contributed by atoms with E-state index >= 15 is 0 Å². The van der Waals surface area contributed by atoms with Gasteiger partial charge >= 0.3 is 0 Å². The first kappa shape index (κ1) is 14.3.